The largest absolute Gasteiger partial charge is 0.476 e. The molecule has 0 bridgehead atoms. The molecule has 0 spiro atoms. The van der Waals surface area contributed by atoms with Crippen LogP contribution in [0.4, 0.5) is 0 Å². The van der Waals surface area contributed by atoms with Gasteiger partial charge in [0.15, 0.2) is 0 Å². The number of nitrogens with zero attached hydrogens (tertiary/aromatic N) is 6. The highest BCUT2D eigenvalue weighted by Crippen LogP contribution is 2.42. The number of fused-ring (bicyclic) bond motifs is 1. The van der Waals surface area contributed by atoms with E-state index in [2.05, 4.69) is 37.3 Å². The van der Waals surface area contributed by atoms with E-state index in [1.807, 2.05) is 49.2 Å². The smallest absolute Gasteiger partial charge is 0.233 e. The van der Waals surface area contributed by atoms with Crippen molar-refractivity contribution in [2.45, 2.75) is 26.3 Å². The lowest BCUT2D eigenvalue weighted by molar-refractivity contribution is 0.219. The molecule has 7 nitrogen and oxygen atoms in total. The summed E-state index contributed by atoms with van der Waals surface area (Å²) in [6, 6.07) is 10.0. The monoisotopic (exact) mass is 404 g/mol. The number of hydrogen-bond donors (Lipinski definition) is 0. The van der Waals surface area contributed by atoms with Crippen LogP contribution in [-0.2, 0) is 13.6 Å². The number of rotatable bonds is 6. The molecule has 1 aliphatic heterocycles. The second kappa shape index (κ2) is 8.14. The van der Waals surface area contributed by atoms with Gasteiger partial charge in [-0.3, -0.25) is 14.6 Å². The van der Waals surface area contributed by atoms with Gasteiger partial charge in [0.25, 0.3) is 0 Å². The highest BCUT2D eigenvalue weighted by molar-refractivity contribution is 5.58. The Morgan fingerprint density at radius 3 is 2.53 bits per heavy atom. The van der Waals surface area contributed by atoms with E-state index >= 15 is 0 Å². The molecule has 156 valence electrons. The molecule has 0 amide bonds. The van der Waals surface area contributed by atoms with Crippen molar-refractivity contribution < 1.29 is 4.74 Å². The van der Waals surface area contributed by atoms with Gasteiger partial charge in [-0.25, -0.2) is 0 Å². The van der Waals surface area contributed by atoms with Gasteiger partial charge in [0.2, 0.25) is 5.88 Å². The summed E-state index contributed by atoms with van der Waals surface area (Å²) in [5, 5.41) is 12.9. The van der Waals surface area contributed by atoms with Crippen LogP contribution in [0.25, 0.3) is 11.4 Å². The summed E-state index contributed by atoms with van der Waals surface area (Å²) in [6.45, 7) is 6.08. The van der Waals surface area contributed by atoms with Crippen LogP contribution in [0.2, 0.25) is 0 Å². The molecule has 2 aliphatic rings. The Bertz CT molecular complexity index is 953. The molecule has 3 aromatic heterocycles. The predicted molar refractivity (Wildman–Crippen MR) is 114 cm³/mol. The number of ether oxygens (including phenoxy) is 1. The van der Waals surface area contributed by atoms with E-state index in [4.69, 9.17) is 4.74 Å². The Morgan fingerprint density at radius 2 is 1.90 bits per heavy atom. The second-order valence-electron chi connectivity index (χ2n) is 8.74. The summed E-state index contributed by atoms with van der Waals surface area (Å²) >= 11 is 0. The van der Waals surface area contributed by atoms with Gasteiger partial charge < -0.3 is 4.74 Å². The summed E-state index contributed by atoms with van der Waals surface area (Å²) in [6.07, 6.45) is 6.20. The Kier molecular flexibility index (Phi) is 5.21. The lowest BCUT2D eigenvalue weighted by Gasteiger charge is -2.18. The minimum absolute atomic E-state index is 0.604. The minimum Gasteiger partial charge on any atom is -0.476 e. The third-order valence-electron chi connectivity index (χ3n) is 6.51. The first-order chi connectivity index (χ1) is 14.7. The van der Waals surface area contributed by atoms with Crippen molar-refractivity contribution in [3.05, 3.63) is 54.0 Å². The van der Waals surface area contributed by atoms with Crippen LogP contribution in [0.5, 0.6) is 5.88 Å². The number of hydrogen-bond acceptors (Lipinski definition) is 6. The summed E-state index contributed by atoms with van der Waals surface area (Å²) in [5.41, 5.74) is 4.08. The average molecular weight is 405 g/mol. The first kappa shape index (κ1) is 19.2. The van der Waals surface area contributed by atoms with Crippen molar-refractivity contribution in [3.63, 3.8) is 0 Å². The Hall–Kier alpha value is -2.80. The maximum atomic E-state index is 5.99. The van der Waals surface area contributed by atoms with E-state index in [9.17, 15) is 0 Å². The Balaban J connectivity index is 1.11. The van der Waals surface area contributed by atoms with Crippen LogP contribution in [0, 0.1) is 24.7 Å². The van der Waals surface area contributed by atoms with Gasteiger partial charge in [-0.1, -0.05) is 6.07 Å². The van der Waals surface area contributed by atoms with Crippen molar-refractivity contribution in [1.82, 2.24) is 29.9 Å². The zero-order chi connectivity index (χ0) is 20.5. The van der Waals surface area contributed by atoms with Crippen molar-refractivity contribution in [3.8, 4) is 17.3 Å². The highest BCUT2D eigenvalue weighted by atomic mass is 16.5. The van der Waals surface area contributed by atoms with Gasteiger partial charge in [-0.15, -0.1) is 10.2 Å². The Labute approximate surface area is 177 Å². The summed E-state index contributed by atoms with van der Waals surface area (Å²) in [7, 11) is 1.92. The molecule has 0 radical (unpaired) electrons. The molecule has 1 saturated heterocycles. The van der Waals surface area contributed by atoms with Gasteiger partial charge in [-0.05, 0) is 61.3 Å². The van der Waals surface area contributed by atoms with Crippen LogP contribution < -0.4 is 4.74 Å². The fourth-order valence-electron chi connectivity index (χ4n) is 5.15. The highest BCUT2D eigenvalue weighted by Gasteiger charge is 2.40. The minimum atomic E-state index is 0.604. The fourth-order valence-corrected chi connectivity index (χ4v) is 5.15. The van der Waals surface area contributed by atoms with E-state index < -0.39 is 0 Å². The maximum absolute atomic E-state index is 5.99. The molecule has 0 aromatic carbocycles. The predicted octanol–water partition coefficient (Wildman–Crippen LogP) is 3.12. The van der Waals surface area contributed by atoms with E-state index in [0.717, 1.165) is 41.9 Å². The number of pyridine rings is 1. The third kappa shape index (κ3) is 3.94. The first-order valence-electron chi connectivity index (χ1n) is 10.7. The van der Waals surface area contributed by atoms with Crippen molar-refractivity contribution in [2.24, 2.45) is 24.8 Å². The number of likely N-dealkylation sites (tertiary alicyclic amines) is 1. The van der Waals surface area contributed by atoms with E-state index in [1.165, 1.54) is 31.6 Å². The zero-order valence-electron chi connectivity index (χ0n) is 17.6. The summed E-state index contributed by atoms with van der Waals surface area (Å²) in [4.78, 5) is 7.02. The molecule has 3 aromatic rings. The van der Waals surface area contributed by atoms with Crippen LogP contribution in [0.1, 0.15) is 24.1 Å². The molecular formula is C23H28N6O. The normalized spacial score (nSPS) is 23.6. The number of aromatic nitrogens is 5. The molecule has 0 N–H and O–H groups in total. The SMILES string of the molecule is Cc1cnn(C)c1-c1ccc(OCC2CC3CN(Cc4ccccn4)CC3C2)nn1. The van der Waals surface area contributed by atoms with Gasteiger partial charge in [0, 0.05) is 38.9 Å². The molecule has 7 heteroatoms. The lowest BCUT2D eigenvalue weighted by Crippen LogP contribution is -2.23. The van der Waals surface area contributed by atoms with E-state index in [1.54, 1.807) is 0 Å². The Morgan fingerprint density at radius 1 is 1.07 bits per heavy atom. The van der Waals surface area contributed by atoms with Crippen molar-refractivity contribution >= 4 is 0 Å². The fraction of sp³-hybridized carbons (Fsp3) is 0.478. The quantitative estimate of drug-likeness (QED) is 0.629. The summed E-state index contributed by atoms with van der Waals surface area (Å²) in [5.74, 6) is 2.78. The average Bonchev–Trinajstić information content (AvgIpc) is 3.41. The van der Waals surface area contributed by atoms with E-state index in [0.29, 0.717) is 11.8 Å². The second-order valence-corrected chi connectivity index (χ2v) is 8.74. The van der Waals surface area contributed by atoms with Gasteiger partial charge in [0.1, 0.15) is 5.69 Å². The van der Waals surface area contributed by atoms with Crippen LogP contribution in [-0.4, -0.2) is 49.6 Å². The number of aryl methyl sites for hydroxylation is 2. The molecule has 2 unspecified atom stereocenters. The van der Waals surface area contributed by atoms with Gasteiger partial charge in [-0.2, -0.15) is 5.10 Å². The lowest BCUT2D eigenvalue weighted by atomic mass is 10.0. The third-order valence-corrected chi connectivity index (χ3v) is 6.51. The standard InChI is InChI=1S/C23H28N6O/c1-16-11-25-28(2)23(16)21-6-7-22(27-26-21)30-15-17-9-18-12-29(13-19(18)10-17)14-20-5-3-4-8-24-20/h3-8,11,17-19H,9-10,12-15H2,1-2H3. The molecule has 4 heterocycles. The molecule has 1 saturated carbocycles. The van der Waals surface area contributed by atoms with Gasteiger partial charge in [0.05, 0.1) is 24.2 Å². The maximum Gasteiger partial charge on any atom is 0.233 e. The van der Waals surface area contributed by atoms with Crippen molar-refractivity contribution in [2.75, 3.05) is 19.7 Å². The molecule has 2 atom stereocenters. The molecular weight excluding hydrogens is 376 g/mol. The van der Waals surface area contributed by atoms with Crippen molar-refractivity contribution in [1.29, 1.82) is 0 Å². The van der Waals surface area contributed by atoms with Gasteiger partial charge >= 0.3 is 0 Å². The zero-order valence-corrected chi connectivity index (χ0v) is 17.6. The van der Waals surface area contributed by atoms with E-state index in [-0.39, 0.29) is 0 Å². The molecule has 2 fully saturated rings. The summed E-state index contributed by atoms with van der Waals surface area (Å²) < 4.78 is 7.82. The first-order valence-corrected chi connectivity index (χ1v) is 10.7. The molecule has 30 heavy (non-hydrogen) atoms. The van der Waals surface area contributed by atoms with Crippen LogP contribution >= 0.6 is 0 Å². The molecule has 1 aliphatic carbocycles. The topological polar surface area (TPSA) is 69.0 Å². The van der Waals surface area contributed by atoms with Crippen LogP contribution in [0.15, 0.2) is 42.7 Å². The van der Waals surface area contributed by atoms with Crippen LogP contribution in [0.3, 0.4) is 0 Å². The molecule has 5 rings (SSSR count).